The molecular weight excluding hydrogens is 431 g/mol. The van der Waals surface area contributed by atoms with Crippen molar-refractivity contribution in [3.8, 4) is 11.3 Å². The number of halogens is 1. The van der Waals surface area contributed by atoms with Crippen LogP contribution in [0.4, 0.5) is 10.1 Å². The van der Waals surface area contributed by atoms with Crippen molar-refractivity contribution in [2.45, 2.75) is 31.3 Å². The third kappa shape index (κ3) is 3.63. The molecule has 1 N–H and O–H groups in total. The molecule has 34 heavy (non-hydrogen) atoms. The Labute approximate surface area is 196 Å². The number of imidazole rings is 1. The molecule has 170 valence electrons. The van der Waals surface area contributed by atoms with Gasteiger partial charge in [-0.3, -0.25) is 9.59 Å². The summed E-state index contributed by atoms with van der Waals surface area (Å²) in [7, 11) is 0. The molecule has 2 fully saturated rings. The Morgan fingerprint density at radius 2 is 1.76 bits per heavy atom. The molecule has 0 bridgehead atoms. The highest BCUT2D eigenvalue weighted by molar-refractivity contribution is 5.98. The van der Waals surface area contributed by atoms with Crippen molar-refractivity contribution in [3.63, 3.8) is 0 Å². The zero-order valence-electron chi connectivity index (χ0n) is 18.4. The first-order chi connectivity index (χ1) is 16.6. The zero-order valence-corrected chi connectivity index (χ0v) is 18.4. The molecule has 4 aromatic rings. The van der Waals surface area contributed by atoms with Crippen LogP contribution < -0.4 is 10.2 Å². The molecule has 0 spiro atoms. The average molecular weight is 455 g/mol. The molecule has 2 aromatic heterocycles. The maximum Gasteiger partial charge on any atom is 0.229 e. The Morgan fingerprint density at radius 3 is 2.50 bits per heavy atom. The van der Waals surface area contributed by atoms with Gasteiger partial charge in [-0.1, -0.05) is 30.3 Å². The van der Waals surface area contributed by atoms with Gasteiger partial charge in [0, 0.05) is 24.1 Å². The molecule has 6 nitrogen and oxygen atoms in total. The Bertz CT molecular complexity index is 1380. The fourth-order valence-corrected chi connectivity index (χ4v) is 4.81. The number of fused-ring (bicyclic) bond motifs is 1. The van der Waals surface area contributed by atoms with Crippen molar-refractivity contribution in [2.75, 3.05) is 4.90 Å². The van der Waals surface area contributed by atoms with Gasteiger partial charge in [-0.05, 0) is 54.8 Å². The number of rotatable bonds is 5. The van der Waals surface area contributed by atoms with Crippen molar-refractivity contribution in [2.24, 2.45) is 5.92 Å². The average Bonchev–Trinajstić information content (AvgIpc) is 3.55. The summed E-state index contributed by atoms with van der Waals surface area (Å²) >= 11 is 0. The molecule has 2 atom stereocenters. The molecule has 6 rings (SSSR count). The predicted octanol–water partition coefficient (Wildman–Crippen LogP) is 4.51. The first kappa shape index (κ1) is 20.6. The molecule has 0 radical (unpaired) electrons. The standard InChI is InChI=1S/C27H23FN4O2/c28-20-10-8-17(9-11-20)25-23-13-12-21(15-31(23)16-29-25)32-24(33)14-22(30-27(34)19-6-7-19)26(32)18-4-2-1-3-5-18/h1-5,8-13,15-16,19,22,26H,6-7,14H2,(H,30,34)/t22-,26+/m0/s1. The second kappa shape index (κ2) is 8.09. The Balaban J connectivity index is 1.37. The van der Waals surface area contributed by atoms with Gasteiger partial charge in [0.15, 0.2) is 0 Å². The number of aromatic nitrogens is 2. The summed E-state index contributed by atoms with van der Waals surface area (Å²) in [4.78, 5) is 32.1. The second-order valence-electron chi connectivity index (χ2n) is 8.99. The largest absolute Gasteiger partial charge is 0.350 e. The van der Waals surface area contributed by atoms with Crippen LogP contribution in [0.2, 0.25) is 0 Å². The molecule has 7 heteroatoms. The second-order valence-corrected chi connectivity index (χ2v) is 8.99. The SMILES string of the molecule is O=C(N[C@H]1CC(=O)N(c2ccc3c(-c4ccc(F)cc4)ncn3c2)[C@@H]1c1ccccc1)C1CC1. The van der Waals surface area contributed by atoms with Crippen LogP contribution in [0.5, 0.6) is 0 Å². The topological polar surface area (TPSA) is 66.7 Å². The van der Waals surface area contributed by atoms with Gasteiger partial charge in [0.1, 0.15) is 12.1 Å². The molecule has 1 aliphatic carbocycles. The van der Waals surface area contributed by atoms with Gasteiger partial charge in [0.2, 0.25) is 11.8 Å². The first-order valence-corrected chi connectivity index (χ1v) is 11.5. The van der Waals surface area contributed by atoms with Crippen LogP contribution in [0.3, 0.4) is 0 Å². The van der Waals surface area contributed by atoms with E-state index < -0.39 is 0 Å². The highest BCUT2D eigenvalue weighted by Crippen LogP contribution is 2.39. The van der Waals surface area contributed by atoms with E-state index in [2.05, 4.69) is 10.3 Å². The van der Waals surface area contributed by atoms with Crippen LogP contribution in [0.15, 0.2) is 79.3 Å². The number of amides is 2. The normalized spacial score (nSPS) is 20.1. The lowest BCUT2D eigenvalue weighted by Crippen LogP contribution is -2.40. The predicted molar refractivity (Wildman–Crippen MR) is 127 cm³/mol. The number of carbonyl (C=O) groups excluding carboxylic acids is 2. The van der Waals surface area contributed by atoms with E-state index in [1.807, 2.05) is 53.1 Å². The van der Waals surface area contributed by atoms with Gasteiger partial charge in [0.05, 0.1) is 29.0 Å². The lowest BCUT2D eigenvalue weighted by Gasteiger charge is -2.29. The first-order valence-electron chi connectivity index (χ1n) is 11.5. The van der Waals surface area contributed by atoms with Crippen molar-refractivity contribution in [3.05, 3.63) is 90.6 Å². The summed E-state index contributed by atoms with van der Waals surface area (Å²) in [5.41, 5.74) is 4.13. The number of nitrogens with zero attached hydrogens (tertiary/aromatic N) is 3. The van der Waals surface area contributed by atoms with Gasteiger partial charge < -0.3 is 14.6 Å². The van der Waals surface area contributed by atoms with E-state index >= 15 is 0 Å². The highest BCUT2D eigenvalue weighted by Gasteiger charge is 2.44. The van der Waals surface area contributed by atoms with Crippen molar-refractivity contribution >= 4 is 23.0 Å². The van der Waals surface area contributed by atoms with E-state index in [9.17, 15) is 14.0 Å². The summed E-state index contributed by atoms with van der Waals surface area (Å²) in [6, 6.07) is 19.3. The number of nitrogens with one attached hydrogen (secondary N) is 1. The van der Waals surface area contributed by atoms with Gasteiger partial charge in [-0.15, -0.1) is 0 Å². The van der Waals surface area contributed by atoms with Crippen molar-refractivity contribution in [1.82, 2.24) is 14.7 Å². The number of benzene rings is 2. The Hall–Kier alpha value is -4.00. The molecule has 2 aromatic carbocycles. The monoisotopic (exact) mass is 454 g/mol. The molecule has 1 saturated heterocycles. The summed E-state index contributed by atoms with van der Waals surface area (Å²) < 4.78 is 15.2. The minimum absolute atomic E-state index is 0.0341. The zero-order chi connectivity index (χ0) is 23.2. The van der Waals surface area contributed by atoms with Crippen LogP contribution in [-0.2, 0) is 9.59 Å². The fraction of sp³-hybridized carbons (Fsp3) is 0.222. The number of carbonyl (C=O) groups is 2. The lowest BCUT2D eigenvalue weighted by molar-refractivity contribution is -0.123. The maximum absolute atomic E-state index is 13.4. The molecule has 2 aliphatic rings. The summed E-state index contributed by atoms with van der Waals surface area (Å²) in [5, 5.41) is 3.14. The number of pyridine rings is 1. The third-order valence-electron chi connectivity index (χ3n) is 6.65. The van der Waals surface area contributed by atoms with Crippen molar-refractivity contribution < 1.29 is 14.0 Å². The number of hydrogen-bond donors (Lipinski definition) is 1. The summed E-state index contributed by atoms with van der Waals surface area (Å²) in [6.45, 7) is 0. The third-order valence-corrected chi connectivity index (χ3v) is 6.65. The van der Waals surface area contributed by atoms with Gasteiger partial charge in [-0.2, -0.15) is 0 Å². The summed E-state index contributed by atoms with van der Waals surface area (Å²) in [6.07, 6.45) is 5.66. The van der Waals surface area contributed by atoms with E-state index in [1.165, 1.54) is 12.1 Å². The van der Waals surface area contributed by atoms with E-state index in [1.54, 1.807) is 23.4 Å². The number of anilines is 1. The quantitative estimate of drug-likeness (QED) is 0.482. The van der Waals surface area contributed by atoms with Gasteiger partial charge in [-0.25, -0.2) is 9.37 Å². The minimum atomic E-state index is -0.297. The van der Waals surface area contributed by atoms with Crippen LogP contribution in [0.1, 0.15) is 30.9 Å². The van der Waals surface area contributed by atoms with E-state index in [-0.39, 0.29) is 42.1 Å². The van der Waals surface area contributed by atoms with Crippen LogP contribution in [0.25, 0.3) is 16.8 Å². The maximum atomic E-state index is 13.4. The smallest absolute Gasteiger partial charge is 0.229 e. The van der Waals surface area contributed by atoms with Crippen LogP contribution in [0, 0.1) is 11.7 Å². The minimum Gasteiger partial charge on any atom is -0.350 e. The molecule has 3 heterocycles. The molecule has 2 amide bonds. The van der Waals surface area contributed by atoms with Crippen molar-refractivity contribution in [1.29, 1.82) is 0 Å². The Kier molecular flexibility index (Phi) is 4.90. The Morgan fingerprint density at radius 1 is 1.00 bits per heavy atom. The van der Waals surface area contributed by atoms with Crippen LogP contribution >= 0.6 is 0 Å². The molecule has 1 aliphatic heterocycles. The van der Waals surface area contributed by atoms with Crippen LogP contribution in [-0.4, -0.2) is 27.2 Å². The van der Waals surface area contributed by atoms with Gasteiger partial charge >= 0.3 is 0 Å². The number of hydrogen-bond acceptors (Lipinski definition) is 3. The van der Waals surface area contributed by atoms with E-state index in [0.29, 0.717) is 0 Å². The summed E-state index contributed by atoms with van der Waals surface area (Å²) in [5.74, 6) is -0.215. The molecule has 0 unspecified atom stereocenters. The molecule has 1 saturated carbocycles. The fourth-order valence-electron chi connectivity index (χ4n) is 4.81. The lowest BCUT2D eigenvalue weighted by atomic mass is 9.99. The molecular formula is C27H23FN4O2. The van der Waals surface area contributed by atoms with Gasteiger partial charge in [0.25, 0.3) is 0 Å². The van der Waals surface area contributed by atoms with E-state index in [4.69, 9.17) is 0 Å². The highest BCUT2D eigenvalue weighted by atomic mass is 19.1. The van der Waals surface area contributed by atoms with E-state index in [0.717, 1.165) is 40.9 Å².